The van der Waals surface area contributed by atoms with Crippen molar-refractivity contribution in [1.29, 1.82) is 0 Å². The Morgan fingerprint density at radius 1 is 1.07 bits per heavy atom. The molecule has 1 aromatic rings. The first-order valence-electron chi connectivity index (χ1n) is 9.87. The van der Waals surface area contributed by atoms with Gasteiger partial charge in [0.25, 0.3) is 0 Å². The molecule has 4 fully saturated rings. The minimum atomic E-state index is -0.218. The first-order valence-corrected chi connectivity index (χ1v) is 10.6. The molecule has 0 radical (unpaired) electrons. The smallest absolute Gasteiger partial charge is 0.239 e. The van der Waals surface area contributed by atoms with Crippen molar-refractivity contribution in [2.24, 2.45) is 23.2 Å². The summed E-state index contributed by atoms with van der Waals surface area (Å²) in [5.41, 5.74) is 0.662. The van der Waals surface area contributed by atoms with Crippen molar-refractivity contribution in [2.75, 3.05) is 6.54 Å². The zero-order valence-corrected chi connectivity index (χ0v) is 17.1. The molecule has 0 heterocycles. The number of hydrogen-bond donors (Lipinski definition) is 2. The van der Waals surface area contributed by atoms with Gasteiger partial charge in [-0.2, -0.15) is 0 Å². The van der Waals surface area contributed by atoms with E-state index in [1.54, 1.807) is 12.1 Å². The Hall–Kier alpha value is -1.26. The number of carbonyl (C=O) groups is 2. The van der Waals surface area contributed by atoms with Gasteiger partial charge >= 0.3 is 0 Å². The fourth-order valence-electron chi connectivity index (χ4n) is 5.89. The number of halogens is 2. The molecule has 0 saturated heterocycles. The zero-order valence-electron chi connectivity index (χ0n) is 15.6. The largest absolute Gasteiger partial charge is 0.348 e. The number of nitrogens with one attached hydrogen (secondary N) is 2. The molecule has 4 saturated carbocycles. The highest BCUT2D eigenvalue weighted by Crippen LogP contribution is 2.60. The van der Waals surface area contributed by atoms with Crippen LogP contribution in [0.2, 0.25) is 10.0 Å². The van der Waals surface area contributed by atoms with Crippen LogP contribution in [0.3, 0.4) is 0 Å². The molecular weight excluding hydrogens is 383 g/mol. The molecule has 0 aliphatic heterocycles. The summed E-state index contributed by atoms with van der Waals surface area (Å²) in [6.45, 7) is 1.91. The molecule has 4 nitrogen and oxygen atoms in total. The SMILES string of the molecule is CC(NC(=O)CNC(=O)C12CC3CC(CC(C3)C1)C2)c1ccc(Cl)c(Cl)c1. The quantitative estimate of drug-likeness (QED) is 0.752. The summed E-state index contributed by atoms with van der Waals surface area (Å²) in [7, 11) is 0. The van der Waals surface area contributed by atoms with Crippen LogP contribution in [-0.2, 0) is 9.59 Å². The van der Waals surface area contributed by atoms with E-state index in [9.17, 15) is 9.59 Å². The van der Waals surface area contributed by atoms with Crippen LogP contribution in [0, 0.1) is 23.2 Å². The lowest BCUT2D eigenvalue weighted by molar-refractivity contribution is -0.147. The lowest BCUT2D eigenvalue weighted by Crippen LogP contribution is -2.54. The molecule has 4 aliphatic rings. The minimum Gasteiger partial charge on any atom is -0.348 e. The standard InChI is InChI=1S/C21H26Cl2N2O2/c1-12(16-2-3-17(22)18(23)7-16)25-19(26)11-24-20(27)21-8-13-4-14(9-21)6-15(5-13)10-21/h2-3,7,12-15H,4-6,8-11H2,1H3,(H,24,27)(H,25,26). The van der Waals surface area contributed by atoms with Gasteiger partial charge in [-0.25, -0.2) is 0 Å². The fraction of sp³-hybridized carbons (Fsp3) is 0.619. The lowest BCUT2D eigenvalue weighted by Gasteiger charge is -2.55. The number of amides is 2. The van der Waals surface area contributed by atoms with Crippen molar-refractivity contribution in [2.45, 2.75) is 51.5 Å². The molecule has 4 bridgehead atoms. The van der Waals surface area contributed by atoms with E-state index in [0.29, 0.717) is 27.8 Å². The van der Waals surface area contributed by atoms with E-state index in [-0.39, 0.29) is 29.8 Å². The molecule has 1 unspecified atom stereocenters. The predicted octanol–water partition coefficient (Wildman–Crippen LogP) is 4.50. The van der Waals surface area contributed by atoms with Gasteiger partial charge in [-0.15, -0.1) is 0 Å². The summed E-state index contributed by atoms with van der Waals surface area (Å²) in [5.74, 6) is 2.03. The summed E-state index contributed by atoms with van der Waals surface area (Å²) in [6.07, 6.45) is 6.92. The van der Waals surface area contributed by atoms with E-state index in [2.05, 4.69) is 10.6 Å². The van der Waals surface area contributed by atoms with E-state index in [0.717, 1.165) is 24.8 Å². The summed E-state index contributed by atoms with van der Waals surface area (Å²) in [4.78, 5) is 25.2. The molecule has 27 heavy (non-hydrogen) atoms. The minimum absolute atomic E-state index is 0.0201. The normalized spacial score (nSPS) is 32.2. The highest BCUT2D eigenvalue weighted by atomic mass is 35.5. The average Bonchev–Trinajstić information content (AvgIpc) is 2.60. The highest BCUT2D eigenvalue weighted by molar-refractivity contribution is 6.42. The Morgan fingerprint density at radius 3 is 2.22 bits per heavy atom. The van der Waals surface area contributed by atoms with Crippen molar-refractivity contribution < 1.29 is 9.59 Å². The van der Waals surface area contributed by atoms with Gasteiger partial charge in [0.1, 0.15) is 0 Å². The van der Waals surface area contributed by atoms with Gasteiger partial charge < -0.3 is 10.6 Å². The van der Waals surface area contributed by atoms with Gasteiger partial charge in [0, 0.05) is 5.41 Å². The third-order valence-corrected chi connectivity index (χ3v) is 7.49. The van der Waals surface area contributed by atoms with Crippen LogP contribution in [0.25, 0.3) is 0 Å². The van der Waals surface area contributed by atoms with Crippen molar-refractivity contribution >= 4 is 35.0 Å². The van der Waals surface area contributed by atoms with E-state index in [4.69, 9.17) is 23.2 Å². The first-order chi connectivity index (χ1) is 12.8. The van der Waals surface area contributed by atoms with Crippen molar-refractivity contribution in [3.8, 4) is 0 Å². The Labute approximate surface area is 170 Å². The van der Waals surface area contributed by atoms with Crippen molar-refractivity contribution in [1.82, 2.24) is 10.6 Å². The number of benzene rings is 1. The number of carbonyl (C=O) groups excluding carboxylic acids is 2. The summed E-state index contributed by atoms with van der Waals surface area (Å²) >= 11 is 12.0. The maximum absolute atomic E-state index is 12.9. The maximum atomic E-state index is 12.9. The monoisotopic (exact) mass is 408 g/mol. The van der Waals surface area contributed by atoms with Crippen LogP contribution in [0.15, 0.2) is 18.2 Å². The molecule has 0 spiro atoms. The molecule has 0 aromatic heterocycles. The van der Waals surface area contributed by atoms with Crippen LogP contribution in [0.4, 0.5) is 0 Å². The second-order valence-electron chi connectivity index (χ2n) is 8.84. The summed E-state index contributed by atoms with van der Waals surface area (Å²) in [5, 5.41) is 6.79. The molecule has 4 aliphatic carbocycles. The zero-order chi connectivity index (χ0) is 19.2. The van der Waals surface area contributed by atoms with Gasteiger partial charge in [0.15, 0.2) is 0 Å². The van der Waals surface area contributed by atoms with E-state index < -0.39 is 0 Å². The summed E-state index contributed by atoms with van der Waals surface area (Å²) in [6, 6.07) is 5.11. The van der Waals surface area contributed by atoms with E-state index in [1.807, 2.05) is 13.0 Å². The fourth-order valence-corrected chi connectivity index (χ4v) is 6.20. The topological polar surface area (TPSA) is 58.2 Å². The van der Waals surface area contributed by atoms with Gasteiger partial charge in [-0.3, -0.25) is 9.59 Å². The van der Waals surface area contributed by atoms with Crippen LogP contribution in [0.1, 0.15) is 57.1 Å². The van der Waals surface area contributed by atoms with Crippen LogP contribution < -0.4 is 10.6 Å². The predicted molar refractivity (Wildman–Crippen MR) is 107 cm³/mol. The third-order valence-electron chi connectivity index (χ3n) is 6.75. The van der Waals surface area contributed by atoms with Gasteiger partial charge in [0.2, 0.25) is 11.8 Å². The second kappa shape index (κ2) is 7.29. The molecule has 2 amide bonds. The Kier molecular flexibility index (Phi) is 5.15. The van der Waals surface area contributed by atoms with Gasteiger partial charge in [0.05, 0.1) is 22.6 Å². The van der Waals surface area contributed by atoms with Crippen molar-refractivity contribution in [3.05, 3.63) is 33.8 Å². The molecule has 1 atom stereocenters. The van der Waals surface area contributed by atoms with Crippen molar-refractivity contribution in [3.63, 3.8) is 0 Å². The number of hydrogen-bond acceptors (Lipinski definition) is 2. The molecule has 5 rings (SSSR count). The average molecular weight is 409 g/mol. The van der Waals surface area contributed by atoms with Crippen LogP contribution in [-0.4, -0.2) is 18.4 Å². The maximum Gasteiger partial charge on any atom is 0.239 e. The number of rotatable bonds is 5. The van der Waals surface area contributed by atoms with Crippen LogP contribution in [0.5, 0.6) is 0 Å². The van der Waals surface area contributed by atoms with Crippen LogP contribution >= 0.6 is 23.2 Å². The summed E-state index contributed by atoms with van der Waals surface area (Å²) < 4.78 is 0. The Balaban J connectivity index is 1.31. The molecule has 1 aromatic carbocycles. The second-order valence-corrected chi connectivity index (χ2v) is 9.66. The lowest BCUT2D eigenvalue weighted by atomic mass is 9.49. The molecule has 2 N–H and O–H groups in total. The van der Waals surface area contributed by atoms with Gasteiger partial charge in [-0.05, 0) is 80.9 Å². The van der Waals surface area contributed by atoms with E-state index in [1.165, 1.54) is 19.3 Å². The molecular formula is C21H26Cl2N2O2. The third kappa shape index (κ3) is 3.84. The molecule has 146 valence electrons. The first kappa shape index (κ1) is 19.1. The highest BCUT2D eigenvalue weighted by Gasteiger charge is 2.54. The molecule has 6 heteroatoms. The Bertz CT molecular complexity index is 729. The Morgan fingerprint density at radius 2 is 1.67 bits per heavy atom. The van der Waals surface area contributed by atoms with Gasteiger partial charge in [-0.1, -0.05) is 29.3 Å². The van der Waals surface area contributed by atoms with E-state index >= 15 is 0 Å².